The Kier molecular flexibility index (Phi) is 4.62. The molecule has 1 aromatic carbocycles. The quantitative estimate of drug-likeness (QED) is 0.621. The van der Waals surface area contributed by atoms with E-state index in [-0.39, 0.29) is 27.6 Å². The van der Waals surface area contributed by atoms with Crippen LogP contribution in [0.25, 0.3) is 16.9 Å². The van der Waals surface area contributed by atoms with Crippen molar-refractivity contribution >= 4 is 23.2 Å². The van der Waals surface area contributed by atoms with Crippen LogP contribution < -0.4 is 4.90 Å². The van der Waals surface area contributed by atoms with E-state index in [2.05, 4.69) is 15.1 Å². The van der Waals surface area contributed by atoms with Gasteiger partial charge in [-0.2, -0.15) is 24.8 Å². The van der Waals surface area contributed by atoms with Gasteiger partial charge in [-0.3, -0.25) is 0 Å². The lowest BCUT2D eigenvalue weighted by Gasteiger charge is -2.26. The fourth-order valence-electron chi connectivity index (χ4n) is 3.47. The monoisotopic (exact) mass is 388 g/mol. The molecule has 0 radical (unpaired) electrons. The molecule has 9 heteroatoms. The maximum atomic E-state index is 14.8. The summed E-state index contributed by atoms with van der Waals surface area (Å²) in [6.45, 7) is 1.42. The fourth-order valence-corrected chi connectivity index (χ4v) is 3.72. The second-order valence-electron chi connectivity index (χ2n) is 6.40. The fraction of sp³-hybridized carbons (Fsp3) is 0.333. The number of hydrogen-bond acceptors (Lipinski definition) is 5. The van der Waals surface area contributed by atoms with E-state index in [1.165, 1.54) is 10.8 Å². The predicted octanol–water partition coefficient (Wildman–Crippen LogP) is 3.97. The van der Waals surface area contributed by atoms with Crippen LogP contribution in [-0.2, 0) is 0 Å². The van der Waals surface area contributed by atoms with E-state index in [1.807, 2.05) is 4.90 Å². The van der Waals surface area contributed by atoms with Gasteiger partial charge in [0.2, 0.25) is 0 Å². The number of aromatic nitrogens is 4. The number of nitrogens with zero attached hydrogens (tertiary/aromatic N) is 6. The Balaban J connectivity index is 2.02. The van der Waals surface area contributed by atoms with Crippen molar-refractivity contribution in [2.45, 2.75) is 25.7 Å². The highest BCUT2D eigenvalue weighted by Gasteiger charge is 2.27. The molecule has 6 nitrogen and oxygen atoms in total. The van der Waals surface area contributed by atoms with Gasteiger partial charge in [0.1, 0.15) is 28.9 Å². The lowest BCUT2D eigenvalue weighted by Crippen LogP contribution is -2.27. The Bertz CT molecular complexity index is 1030. The second-order valence-corrected chi connectivity index (χ2v) is 6.76. The van der Waals surface area contributed by atoms with Crippen LogP contribution in [-0.4, -0.2) is 32.7 Å². The first kappa shape index (κ1) is 17.6. The zero-order valence-electron chi connectivity index (χ0n) is 14.3. The maximum Gasteiger partial charge on any atom is 0.255 e. The van der Waals surface area contributed by atoms with E-state index in [1.54, 1.807) is 6.07 Å². The smallest absolute Gasteiger partial charge is 0.255 e. The van der Waals surface area contributed by atoms with Crippen LogP contribution in [0.5, 0.6) is 0 Å². The summed E-state index contributed by atoms with van der Waals surface area (Å²) in [5, 5.41) is 13.1. The molecule has 0 aliphatic carbocycles. The molecule has 27 heavy (non-hydrogen) atoms. The first-order valence-corrected chi connectivity index (χ1v) is 9.01. The summed E-state index contributed by atoms with van der Waals surface area (Å²) in [6.07, 6.45) is 5.41. The molecular formula is C18H15ClF2N6. The summed E-state index contributed by atoms with van der Waals surface area (Å²) < 4.78 is 31.0. The molecule has 4 rings (SSSR count). The molecule has 0 spiro atoms. The van der Waals surface area contributed by atoms with E-state index in [0.29, 0.717) is 18.9 Å². The molecule has 0 N–H and O–H groups in total. The molecule has 0 amide bonds. The molecular weight excluding hydrogens is 374 g/mol. The van der Waals surface area contributed by atoms with Crippen LogP contribution in [0.2, 0.25) is 5.15 Å². The van der Waals surface area contributed by atoms with Crippen molar-refractivity contribution < 1.29 is 8.78 Å². The number of halogens is 3. The molecule has 0 unspecified atom stereocenters. The number of benzene rings is 1. The minimum Gasteiger partial charge on any atom is -0.356 e. The third kappa shape index (κ3) is 3.08. The molecule has 1 fully saturated rings. The molecule has 3 heterocycles. The normalized spacial score (nSPS) is 15.0. The van der Waals surface area contributed by atoms with E-state index in [0.717, 1.165) is 37.8 Å². The van der Waals surface area contributed by atoms with Gasteiger partial charge in [0, 0.05) is 13.1 Å². The Labute approximate surface area is 159 Å². The third-order valence-electron chi connectivity index (χ3n) is 4.69. The van der Waals surface area contributed by atoms with Crippen molar-refractivity contribution in [1.29, 1.82) is 5.26 Å². The van der Waals surface area contributed by atoms with Gasteiger partial charge in [0.05, 0.1) is 22.8 Å². The Morgan fingerprint density at radius 2 is 1.70 bits per heavy atom. The summed E-state index contributed by atoms with van der Waals surface area (Å²) >= 11 is 6.36. The highest BCUT2D eigenvalue weighted by atomic mass is 35.5. The largest absolute Gasteiger partial charge is 0.356 e. The average Bonchev–Trinajstić information content (AvgIpc) is 2.94. The van der Waals surface area contributed by atoms with Gasteiger partial charge in [-0.1, -0.05) is 24.4 Å². The molecule has 0 atom stereocenters. The summed E-state index contributed by atoms with van der Waals surface area (Å²) in [7, 11) is 0. The van der Waals surface area contributed by atoms with Crippen molar-refractivity contribution in [3.8, 4) is 17.2 Å². The Hall–Kier alpha value is -2.79. The van der Waals surface area contributed by atoms with Crippen molar-refractivity contribution in [1.82, 2.24) is 19.6 Å². The predicted molar refractivity (Wildman–Crippen MR) is 96.5 cm³/mol. The summed E-state index contributed by atoms with van der Waals surface area (Å²) in [5.74, 6) is -1.01. The Morgan fingerprint density at radius 3 is 2.33 bits per heavy atom. The molecule has 1 aliphatic heterocycles. The van der Waals surface area contributed by atoms with Crippen molar-refractivity contribution in [2.75, 3.05) is 18.0 Å². The second kappa shape index (κ2) is 7.08. The lowest BCUT2D eigenvalue weighted by molar-refractivity contribution is 0.588. The first-order valence-electron chi connectivity index (χ1n) is 8.64. The van der Waals surface area contributed by atoms with Gasteiger partial charge in [0.25, 0.3) is 5.78 Å². The third-order valence-corrected chi connectivity index (χ3v) is 4.96. The number of nitriles is 1. The van der Waals surface area contributed by atoms with E-state index in [4.69, 9.17) is 16.9 Å². The molecule has 1 saturated heterocycles. The van der Waals surface area contributed by atoms with Crippen LogP contribution >= 0.6 is 11.6 Å². The van der Waals surface area contributed by atoms with Gasteiger partial charge < -0.3 is 4.90 Å². The van der Waals surface area contributed by atoms with Crippen LogP contribution in [0.3, 0.4) is 0 Å². The number of fused-ring (bicyclic) bond motifs is 1. The van der Waals surface area contributed by atoms with Crippen molar-refractivity contribution in [3.63, 3.8) is 0 Å². The van der Waals surface area contributed by atoms with Gasteiger partial charge in [-0.15, -0.1) is 0 Å². The molecule has 0 bridgehead atoms. The van der Waals surface area contributed by atoms with Gasteiger partial charge in [-0.25, -0.2) is 8.78 Å². The standard InChI is InChI=1S/C18H15ClF2N6/c19-16-15(14-12(20)7-11(9-22)8-13(14)21)17(26-5-3-1-2-4-6-26)27-18(25-16)23-10-24-27/h7-8,10H,1-6H2. The van der Waals surface area contributed by atoms with E-state index >= 15 is 0 Å². The van der Waals surface area contributed by atoms with Gasteiger partial charge in [0.15, 0.2) is 0 Å². The molecule has 3 aromatic rings. The highest BCUT2D eigenvalue weighted by Crippen LogP contribution is 2.40. The molecule has 0 saturated carbocycles. The highest BCUT2D eigenvalue weighted by molar-refractivity contribution is 6.33. The van der Waals surface area contributed by atoms with Crippen molar-refractivity contribution in [3.05, 3.63) is 40.8 Å². The maximum absolute atomic E-state index is 14.8. The summed E-state index contributed by atoms with van der Waals surface area (Å²) in [6, 6.07) is 3.73. The van der Waals surface area contributed by atoms with Gasteiger partial charge >= 0.3 is 0 Å². The topological polar surface area (TPSA) is 70.1 Å². The zero-order valence-corrected chi connectivity index (χ0v) is 15.0. The Morgan fingerprint density at radius 1 is 1.04 bits per heavy atom. The summed E-state index contributed by atoms with van der Waals surface area (Å²) in [5.41, 5.74) is -0.296. The SMILES string of the molecule is N#Cc1cc(F)c(-c2c(Cl)nc3ncnn3c2N2CCCCCC2)c(F)c1. The zero-order chi connectivity index (χ0) is 19.0. The van der Waals surface area contributed by atoms with Crippen LogP contribution in [0, 0.1) is 23.0 Å². The van der Waals surface area contributed by atoms with Crippen LogP contribution in [0.4, 0.5) is 14.6 Å². The van der Waals surface area contributed by atoms with Crippen LogP contribution in [0.15, 0.2) is 18.5 Å². The number of rotatable bonds is 2. The molecule has 1 aliphatic rings. The van der Waals surface area contributed by atoms with Crippen molar-refractivity contribution in [2.24, 2.45) is 0 Å². The average molecular weight is 389 g/mol. The minimum atomic E-state index is -0.870. The van der Waals surface area contributed by atoms with E-state index < -0.39 is 11.6 Å². The molecule has 2 aromatic heterocycles. The lowest BCUT2D eigenvalue weighted by atomic mass is 10.0. The summed E-state index contributed by atoms with van der Waals surface area (Å²) in [4.78, 5) is 10.2. The number of hydrogen-bond donors (Lipinski definition) is 0. The van der Waals surface area contributed by atoms with Crippen LogP contribution in [0.1, 0.15) is 31.2 Å². The first-order chi connectivity index (χ1) is 13.1. The number of anilines is 1. The minimum absolute atomic E-state index is 0.0581. The van der Waals surface area contributed by atoms with E-state index in [9.17, 15) is 8.78 Å². The van der Waals surface area contributed by atoms with Gasteiger partial charge in [-0.05, 0) is 25.0 Å². The molecule has 138 valence electrons.